The summed E-state index contributed by atoms with van der Waals surface area (Å²) in [5.74, 6) is 1.51. The van der Waals surface area contributed by atoms with Crippen LogP contribution in [0.1, 0.15) is 37.7 Å². The van der Waals surface area contributed by atoms with E-state index in [4.69, 9.17) is 4.74 Å². The Balaban J connectivity index is 1.95. The highest BCUT2D eigenvalue weighted by molar-refractivity contribution is 7.10. The molecule has 0 bridgehead atoms. The van der Waals surface area contributed by atoms with Crippen LogP contribution in [0.5, 0.6) is 5.75 Å². The van der Waals surface area contributed by atoms with Gasteiger partial charge in [0.05, 0.1) is 5.57 Å². The van der Waals surface area contributed by atoms with Crippen LogP contribution < -0.4 is 15.0 Å². The van der Waals surface area contributed by atoms with Gasteiger partial charge >= 0.3 is 0 Å². The number of hydrogen-bond acceptors (Lipinski definition) is 7. The molecule has 200 valence electrons. The molecule has 0 saturated carbocycles. The minimum atomic E-state index is -0.0582. The lowest BCUT2D eigenvalue weighted by molar-refractivity contribution is -0.114. The fraction of sp³-hybridized carbons (Fsp3) is 0.448. The Bertz CT molecular complexity index is 1110. The third-order valence-electron chi connectivity index (χ3n) is 6.68. The summed E-state index contributed by atoms with van der Waals surface area (Å²) >= 11 is 1.70. The van der Waals surface area contributed by atoms with Crippen molar-refractivity contribution in [1.29, 1.82) is 0 Å². The van der Waals surface area contributed by atoms with Gasteiger partial charge in [-0.2, -0.15) is 0 Å². The van der Waals surface area contributed by atoms with Crippen molar-refractivity contribution in [2.24, 2.45) is 10.9 Å². The van der Waals surface area contributed by atoms with Crippen molar-refractivity contribution < 1.29 is 9.53 Å². The zero-order valence-corrected chi connectivity index (χ0v) is 23.8. The molecule has 2 heterocycles. The van der Waals surface area contributed by atoms with Gasteiger partial charge in [0.2, 0.25) is 0 Å². The van der Waals surface area contributed by atoms with E-state index in [1.165, 1.54) is 4.88 Å². The summed E-state index contributed by atoms with van der Waals surface area (Å²) in [7, 11) is 7.79. The minimum Gasteiger partial charge on any atom is -0.485 e. The van der Waals surface area contributed by atoms with Crippen molar-refractivity contribution in [2.75, 3.05) is 52.7 Å². The molecule has 1 aliphatic rings. The largest absolute Gasteiger partial charge is 0.485 e. The maximum absolute atomic E-state index is 14.0. The quantitative estimate of drug-likeness (QED) is 0.390. The first-order valence-electron chi connectivity index (χ1n) is 12.9. The number of ether oxygens (including phenoxy) is 1. The summed E-state index contributed by atoms with van der Waals surface area (Å²) in [5, 5.41) is 5.29. The lowest BCUT2D eigenvalue weighted by atomic mass is 9.98. The first-order chi connectivity index (χ1) is 17.8. The van der Waals surface area contributed by atoms with Gasteiger partial charge in [-0.25, -0.2) is 4.99 Å². The Morgan fingerprint density at radius 1 is 1.30 bits per heavy atom. The highest BCUT2D eigenvalue weighted by atomic mass is 32.1. The third-order valence-corrected chi connectivity index (χ3v) is 7.65. The van der Waals surface area contributed by atoms with Gasteiger partial charge < -0.3 is 24.8 Å². The molecule has 0 spiro atoms. The maximum Gasteiger partial charge on any atom is 0.261 e. The lowest BCUT2D eigenvalue weighted by Crippen LogP contribution is -2.34. The van der Waals surface area contributed by atoms with Gasteiger partial charge in [-0.15, -0.1) is 11.3 Å². The van der Waals surface area contributed by atoms with E-state index in [0.717, 1.165) is 43.1 Å². The molecule has 1 aromatic heterocycles. The molecule has 7 nitrogen and oxygen atoms in total. The van der Waals surface area contributed by atoms with E-state index in [-0.39, 0.29) is 17.9 Å². The standard InChI is InChI=1S/C29H41N5O2S/c1-8-21(2)28-25(20-31-22(3)32(5)6)29(35)34(17-16-33(28)7)23-11-9-12-24(19-23)36-26(14-15-30-4)27-13-10-18-37-27/h9-13,18-21,26,30H,3,8,14-17H2,1-2,4-7H3. The second kappa shape index (κ2) is 13.4. The van der Waals surface area contributed by atoms with Crippen LogP contribution in [0.2, 0.25) is 0 Å². The summed E-state index contributed by atoms with van der Waals surface area (Å²) < 4.78 is 6.46. The molecule has 2 aromatic rings. The van der Waals surface area contributed by atoms with Crippen molar-refractivity contribution in [1.82, 2.24) is 15.1 Å². The summed E-state index contributed by atoms with van der Waals surface area (Å²) in [4.78, 5) is 25.6. The van der Waals surface area contributed by atoms with Crippen molar-refractivity contribution in [3.63, 3.8) is 0 Å². The van der Waals surface area contributed by atoms with E-state index < -0.39 is 0 Å². The number of carbonyl (C=O) groups is 1. The first kappa shape index (κ1) is 28.5. The average molecular weight is 524 g/mol. The Hall–Kier alpha value is -3.10. The van der Waals surface area contributed by atoms with Gasteiger partial charge in [-0.1, -0.05) is 32.6 Å². The minimum absolute atomic E-state index is 0.0506. The molecule has 1 aliphatic heterocycles. The van der Waals surface area contributed by atoms with Crippen molar-refractivity contribution in [3.8, 4) is 5.75 Å². The van der Waals surface area contributed by atoms with Gasteiger partial charge in [-0.3, -0.25) is 4.79 Å². The lowest BCUT2D eigenvalue weighted by Gasteiger charge is -2.26. The van der Waals surface area contributed by atoms with E-state index in [2.05, 4.69) is 54.1 Å². The second-order valence-electron chi connectivity index (χ2n) is 9.57. The number of hydrogen-bond donors (Lipinski definition) is 1. The zero-order valence-electron chi connectivity index (χ0n) is 23.0. The number of nitrogens with one attached hydrogen (secondary N) is 1. The highest BCUT2D eigenvalue weighted by Gasteiger charge is 2.30. The van der Waals surface area contributed by atoms with Crippen molar-refractivity contribution in [2.45, 2.75) is 32.8 Å². The number of aliphatic imine (C=N–C) groups is 1. The van der Waals surface area contributed by atoms with E-state index in [9.17, 15) is 4.79 Å². The van der Waals surface area contributed by atoms with Crippen LogP contribution in [0, 0.1) is 5.92 Å². The van der Waals surface area contributed by atoms with Crippen LogP contribution in [-0.2, 0) is 4.79 Å². The molecule has 1 amide bonds. The van der Waals surface area contributed by atoms with Crippen molar-refractivity contribution in [3.05, 3.63) is 70.3 Å². The normalized spacial score (nSPS) is 16.2. The van der Waals surface area contributed by atoms with Gasteiger partial charge in [0.15, 0.2) is 0 Å². The maximum atomic E-state index is 14.0. The molecule has 0 fully saturated rings. The van der Waals surface area contributed by atoms with Crippen molar-refractivity contribution >= 4 is 29.1 Å². The molecule has 37 heavy (non-hydrogen) atoms. The predicted molar refractivity (Wildman–Crippen MR) is 155 cm³/mol. The Morgan fingerprint density at radius 2 is 2.08 bits per heavy atom. The number of amides is 1. The number of allylic oxidation sites excluding steroid dienone is 1. The van der Waals surface area contributed by atoms with E-state index in [1.807, 2.05) is 61.3 Å². The molecular formula is C29H41N5O2S. The smallest absolute Gasteiger partial charge is 0.261 e. The summed E-state index contributed by atoms with van der Waals surface area (Å²) in [6.45, 7) is 10.4. The molecule has 3 rings (SSSR count). The number of anilines is 1. The summed E-state index contributed by atoms with van der Waals surface area (Å²) in [6.07, 6.45) is 3.42. The fourth-order valence-electron chi connectivity index (χ4n) is 4.29. The van der Waals surface area contributed by atoms with Crippen LogP contribution in [-0.4, -0.2) is 69.7 Å². The van der Waals surface area contributed by atoms with Gasteiger partial charge in [0, 0.05) is 69.2 Å². The molecule has 0 aliphatic carbocycles. The molecular weight excluding hydrogens is 482 g/mol. The fourth-order valence-corrected chi connectivity index (χ4v) is 5.08. The van der Waals surface area contributed by atoms with E-state index in [0.29, 0.717) is 17.9 Å². The molecule has 0 saturated heterocycles. The number of nitrogens with zero attached hydrogens (tertiary/aromatic N) is 4. The van der Waals surface area contributed by atoms with Crippen LogP contribution in [0.25, 0.3) is 0 Å². The van der Waals surface area contributed by atoms with E-state index in [1.54, 1.807) is 17.6 Å². The van der Waals surface area contributed by atoms with Crippen LogP contribution in [0.4, 0.5) is 5.69 Å². The monoisotopic (exact) mass is 523 g/mol. The number of likely N-dealkylation sites (N-methyl/N-ethyl adjacent to an activating group) is 1. The molecule has 1 N–H and O–H groups in total. The summed E-state index contributed by atoms with van der Waals surface area (Å²) in [6, 6.07) is 12.0. The Labute approximate surface area is 226 Å². The second-order valence-corrected chi connectivity index (χ2v) is 10.5. The highest BCUT2D eigenvalue weighted by Crippen LogP contribution is 2.32. The van der Waals surface area contributed by atoms with Gasteiger partial charge in [-0.05, 0) is 49.5 Å². The average Bonchev–Trinajstić information content (AvgIpc) is 3.39. The topological polar surface area (TPSA) is 60.4 Å². The molecule has 2 unspecified atom stereocenters. The van der Waals surface area contributed by atoms with Gasteiger partial charge in [0.25, 0.3) is 5.91 Å². The van der Waals surface area contributed by atoms with Crippen LogP contribution in [0.3, 0.4) is 0 Å². The Morgan fingerprint density at radius 3 is 2.73 bits per heavy atom. The number of carbonyl (C=O) groups excluding carboxylic acids is 1. The van der Waals surface area contributed by atoms with Gasteiger partial charge in [0.1, 0.15) is 17.7 Å². The Kier molecular flexibility index (Phi) is 10.3. The number of thiophene rings is 1. The van der Waals surface area contributed by atoms with Crippen LogP contribution in [0.15, 0.2) is 70.4 Å². The molecule has 1 aromatic carbocycles. The van der Waals surface area contributed by atoms with E-state index >= 15 is 0 Å². The molecule has 2 atom stereocenters. The molecule has 8 heteroatoms. The first-order valence-corrected chi connectivity index (χ1v) is 13.8. The predicted octanol–water partition coefficient (Wildman–Crippen LogP) is 5.16. The third kappa shape index (κ3) is 7.23. The number of rotatable bonds is 12. The number of benzene rings is 1. The SMILES string of the molecule is C=C(N=CC1=C(C(C)CC)N(C)CCN(c2cccc(OC(CCNC)c3cccs3)c2)C1=O)N(C)C. The van der Waals surface area contributed by atoms with Crippen LogP contribution >= 0.6 is 11.3 Å². The zero-order chi connectivity index (χ0) is 26.9. The molecule has 0 radical (unpaired) electrons. The summed E-state index contributed by atoms with van der Waals surface area (Å²) in [5.41, 5.74) is 2.44.